The molecule has 0 spiro atoms. The topological polar surface area (TPSA) is 47.9 Å². The molecule has 0 unspecified atom stereocenters. The lowest BCUT2D eigenvalue weighted by Crippen LogP contribution is -1.91. The van der Waals surface area contributed by atoms with Crippen LogP contribution in [0, 0.1) is 0 Å². The molecule has 5 heteroatoms. The van der Waals surface area contributed by atoms with Crippen LogP contribution in [0.2, 0.25) is 0 Å². The minimum absolute atomic E-state index is 0.478. The molecule has 0 saturated carbocycles. The van der Waals surface area contributed by atoms with Gasteiger partial charge in [-0.1, -0.05) is 0 Å². The van der Waals surface area contributed by atoms with Crippen LogP contribution in [0.3, 0.4) is 0 Å². The third kappa shape index (κ3) is 4.75. The van der Waals surface area contributed by atoms with E-state index in [9.17, 15) is 0 Å². The molecule has 0 aliphatic rings. The molecule has 0 bridgehead atoms. The molecule has 0 aromatic carbocycles. The van der Waals surface area contributed by atoms with Gasteiger partial charge in [-0.3, -0.25) is 0 Å². The molecule has 0 atom stereocenters. The van der Waals surface area contributed by atoms with Crippen LogP contribution in [0.5, 0.6) is 0 Å². The lowest BCUT2D eigenvalue weighted by Gasteiger charge is -2.08. The number of hydrogen-bond donors (Lipinski definition) is 1. The maximum absolute atomic E-state index is 8.07. The highest BCUT2D eigenvalue weighted by Gasteiger charge is 2.08. The highest BCUT2D eigenvalue weighted by molar-refractivity contribution is 7.41. The Morgan fingerprint density at radius 2 is 1.67 bits per heavy atom. The molecule has 0 radical (unpaired) electrons. The quantitative estimate of drug-likeness (QED) is 0.372. The maximum atomic E-state index is 8.07. The Bertz CT molecular complexity index is 54.5. The van der Waals surface area contributed by atoms with Crippen molar-refractivity contribution in [2.45, 2.75) is 13.8 Å². The van der Waals surface area contributed by atoms with E-state index >= 15 is 0 Å². The van der Waals surface area contributed by atoms with E-state index in [0.29, 0.717) is 13.2 Å². The molecule has 0 aromatic heterocycles. The third-order valence-electron chi connectivity index (χ3n) is 0.536. The third-order valence-corrected chi connectivity index (χ3v) is 1.61. The van der Waals surface area contributed by atoms with E-state index in [1.165, 1.54) is 0 Å². The fourth-order valence-corrected chi connectivity index (χ4v) is 0.886. The van der Waals surface area contributed by atoms with Gasteiger partial charge < -0.3 is 9.05 Å². The molecular formula is C4H11O4P. The summed E-state index contributed by atoms with van der Waals surface area (Å²) in [4.78, 5) is 0. The molecule has 1 N–H and O–H groups in total. The largest absolute Gasteiger partial charge is 0.362 e. The first-order chi connectivity index (χ1) is 4.35. The zero-order valence-electron chi connectivity index (χ0n) is 5.53. The highest BCUT2D eigenvalue weighted by atomic mass is 31.2. The Kier molecular flexibility index (Phi) is 6.58. The fourth-order valence-electron chi connectivity index (χ4n) is 0.295. The molecule has 56 valence electrons. The fraction of sp³-hybridized carbons (Fsp3) is 1.00. The summed E-state index contributed by atoms with van der Waals surface area (Å²) in [7, 11) is -1.50. The monoisotopic (exact) mass is 154 g/mol. The predicted octanol–water partition coefficient (Wildman–Crippen LogP) is 1.78. The molecule has 0 fully saturated rings. The SMILES string of the molecule is CCOP(OO)OCC. The molecule has 0 aliphatic heterocycles. The van der Waals surface area contributed by atoms with Gasteiger partial charge in [0.25, 0.3) is 0 Å². The minimum atomic E-state index is -1.50. The van der Waals surface area contributed by atoms with E-state index in [1.807, 2.05) is 0 Å². The summed E-state index contributed by atoms with van der Waals surface area (Å²) in [6.45, 7) is 4.55. The van der Waals surface area contributed by atoms with Crippen molar-refractivity contribution in [3.05, 3.63) is 0 Å². The second-order valence-electron chi connectivity index (χ2n) is 1.14. The highest BCUT2D eigenvalue weighted by Crippen LogP contribution is 2.37. The van der Waals surface area contributed by atoms with Crippen molar-refractivity contribution < 1.29 is 19.0 Å². The van der Waals surface area contributed by atoms with Crippen LogP contribution in [0.25, 0.3) is 0 Å². The normalized spacial score (nSPS) is 10.7. The Labute approximate surface area is 55.7 Å². The molecule has 4 nitrogen and oxygen atoms in total. The molecule has 9 heavy (non-hydrogen) atoms. The summed E-state index contributed by atoms with van der Waals surface area (Å²) in [6.07, 6.45) is 0. The smallest absolute Gasteiger partial charge is 0.311 e. The van der Waals surface area contributed by atoms with Gasteiger partial charge in [0.05, 0.1) is 13.2 Å². The molecular weight excluding hydrogens is 143 g/mol. The van der Waals surface area contributed by atoms with Crippen molar-refractivity contribution in [3.8, 4) is 0 Å². The van der Waals surface area contributed by atoms with Crippen molar-refractivity contribution in [1.82, 2.24) is 0 Å². The van der Waals surface area contributed by atoms with Crippen LogP contribution < -0.4 is 0 Å². The van der Waals surface area contributed by atoms with Gasteiger partial charge in [-0.2, -0.15) is 4.67 Å². The average molecular weight is 154 g/mol. The van der Waals surface area contributed by atoms with Crippen molar-refractivity contribution in [2.24, 2.45) is 0 Å². The summed E-state index contributed by atoms with van der Waals surface area (Å²) in [5.41, 5.74) is 0. The molecule has 0 rings (SSSR count). The second-order valence-corrected chi connectivity index (χ2v) is 2.27. The van der Waals surface area contributed by atoms with Crippen molar-refractivity contribution in [2.75, 3.05) is 13.2 Å². The van der Waals surface area contributed by atoms with Gasteiger partial charge >= 0.3 is 8.60 Å². The van der Waals surface area contributed by atoms with Crippen molar-refractivity contribution >= 4 is 8.60 Å². The minimum Gasteiger partial charge on any atom is -0.311 e. The first kappa shape index (κ1) is 9.27. The predicted molar refractivity (Wildman–Crippen MR) is 33.9 cm³/mol. The zero-order valence-corrected chi connectivity index (χ0v) is 6.43. The Morgan fingerprint density at radius 1 is 1.22 bits per heavy atom. The second kappa shape index (κ2) is 6.39. The van der Waals surface area contributed by atoms with Crippen LogP contribution in [-0.2, 0) is 13.7 Å². The standard InChI is InChI=1S/C4H11O4P/c1-3-6-9(8-5)7-4-2/h5H,3-4H2,1-2H3. The Morgan fingerprint density at radius 3 is 1.89 bits per heavy atom. The van der Waals surface area contributed by atoms with E-state index < -0.39 is 8.60 Å². The van der Waals surface area contributed by atoms with Gasteiger partial charge in [0.1, 0.15) is 0 Å². The maximum Gasteiger partial charge on any atom is 0.362 e. The first-order valence-corrected chi connectivity index (χ1v) is 3.82. The van der Waals surface area contributed by atoms with Gasteiger partial charge in [0, 0.05) is 0 Å². The van der Waals surface area contributed by atoms with E-state index in [-0.39, 0.29) is 0 Å². The summed E-state index contributed by atoms with van der Waals surface area (Å²) in [6, 6.07) is 0. The van der Waals surface area contributed by atoms with Crippen LogP contribution >= 0.6 is 8.60 Å². The summed E-state index contributed by atoms with van der Waals surface area (Å²) in [5, 5.41) is 8.07. The van der Waals surface area contributed by atoms with Crippen LogP contribution in [-0.4, -0.2) is 18.5 Å². The molecule has 0 aliphatic carbocycles. The lowest BCUT2D eigenvalue weighted by atomic mass is 10.9. The van der Waals surface area contributed by atoms with Crippen LogP contribution in [0.1, 0.15) is 13.8 Å². The Balaban J connectivity index is 3.18. The summed E-state index contributed by atoms with van der Waals surface area (Å²) in [5.74, 6) is 0. The summed E-state index contributed by atoms with van der Waals surface area (Å²) < 4.78 is 13.5. The lowest BCUT2D eigenvalue weighted by molar-refractivity contribution is -0.152. The van der Waals surface area contributed by atoms with E-state index in [2.05, 4.69) is 4.67 Å². The van der Waals surface area contributed by atoms with Crippen LogP contribution in [0.4, 0.5) is 0 Å². The van der Waals surface area contributed by atoms with E-state index in [0.717, 1.165) is 0 Å². The first-order valence-electron chi connectivity index (χ1n) is 2.72. The molecule has 0 aromatic rings. The average Bonchev–Trinajstić information content (AvgIpc) is 1.88. The van der Waals surface area contributed by atoms with E-state index in [1.54, 1.807) is 13.8 Å². The Hall–Kier alpha value is 0.270. The molecule has 0 heterocycles. The van der Waals surface area contributed by atoms with E-state index in [4.69, 9.17) is 14.3 Å². The molecule has 0 amide bonds. The van der Waals surface area contributed by atoms with Gasteiger partial charge in [-0.25, -0.2) is 5.26 Å². The van der Waals surface area contributed by atoms with Crippen LogP contribution in [0.15, 0.2) is 0 Å². The van der Waals surface area contributed by atoms with Crippen molar-refractivity contribution in [3.63, 3.8) is 0 Å². The van der Waals surface area contributed by atoms with Gasteiger partial charge in [-0.05, 0) is 13.8 Å². The number of hydrogen-bond acceptors (Lipinski definition) is 4. The summed E-state index contributed by atoms with van der Waals surface area (Å²) >= 11 is 0. The number of rotatable bonds is 5. The zero-order chi connectivity index (χ0) is 7.11. The van der Waals surface area contributed by atoms with Crippen molar-refractivity contribution in [1.29, 1.82) is 0 Å². The van der Waals surface area contributed by atoms with Gasteiger partial charge in [0.2, 0.25) is 0 Å². The van der Waals surface area contributed by atoms with Gasteiger partial charge in [-0.15, -0.1) is 0 Å². The molecule has 0 saturated heterocycles. The van der Waals surface area contributed by atoms with Gasteiger partial charge in [0.15, 0.2) is 0 Å².